The van der Waals surface area contributed by atoms with Crippen molar-refractivity contribution < 1.29 is 18.0 Å². The second-order valence-electron chi connectivity index (χ2n) is 7.46. The van der Waals surface area contributed by atoms with Gasteiger partial charge in [-0.25, -0.2) is 8.42 Å². The Morgan fingerprint density at radius 2 is 1.64 bits per heavy atom. The van der Waals surface area contributed by atoms with Crippen molar-refractivity contribution >= 4 is 62.3 Å². The first kappa shape index (κ1) is 27.2. The van der Waals surface area contributed by atoms with Crippen molar-refractivity contribution in [2.24, 2.45) is 0 Å². The van der Waals surface area contributed by atoms with Crippen LogP contribution in [0.25, 0.3) is 0 Å². The molecule has 0 saturated heterocycles. The van der Waals surface area contributed by atoms with Crippen LogP contribution in [0.3, 0.4) is 0 Å². The van der Waals surface area contributed by atoms with Gasteiger partial charge in [0.2, 0.25) is 21.8 Å². The fourth-order valence-electron chi connectivity index (χ4n) is 3.06. The van der Waals surface area contributed by atoms with Gasteiger partial charge in [0.25, 0.3) is 0 Å². The van der Waals surface area contributed by atoms with Gasteiger partial charge in [-0.1, -0.05) is 72.1 Å². The number of carbonyl (C=O) groups excluding carboxylic acids is 2. The highest BCUT2D eigenvalue weighted by atomic mass is 35.5. The lowest BCUT2D eigenvalue weighted by Crippen LogP contribution is -2.51. The van der Waals surface area contributed by atoms with E-state index in [1.165, 1.54) is 17.0 Å². The normalized spacial score (nSPS) is 12.2. The molecule has 2 rings (SSSR count). The van der Waals surface area contributed by atoms with Crippen LogP contribution in [0.15, 0.2) is 42.5 Å². The first-order chi connectivity index (χ1) is 15.5. The number of halogens is 3. The molecule has 11 heteroatoms. The molecule has 180 valence electrons. The molecular weight excluding hydrogens is 509 g/mol. The summed E-state index contributed by atoms with van der Waals surface area (Å²) in [5.74, 6) is -0.912. The molecule has 33 heavy (non-hydrogen) atoms. The van der Waals surface area contributed by atoms with Crippen LogP contribution in [0, 0.1) is 0 Å². The molecule has 0 spiro atoms. The summed E-state index contributed by atoms with van der Waals surface area (Å²) < 4.78 is 26.0. The Hall–Kier alpha value is -2.00. The van der Waals surface area contributed by atoms with Crippen molar-refractivity contribution in [3.63, 3.8) is 0 Å². The molecule has 7 nitrogen and oxygen atoms in total. The molecule has 0 aromatic heterocycles. The molecule has 0 aliphatic rings. The van der Waals surface area contributed by atoms with Crippen LogP contribution in [-0.4, -0.2) is 50.5 Å². The summed E-state index contributed by atoms with van der Waals surface area (Å²) in [5, 5.41) is 3.03. The monoisotopic (exact) mass is 533 g/mol. The van der Waals surface area contributed by atoms with Crippen molar-refractivity contribution in [2.75, 3.05) is 23.7 Å². The van der Waals surface area contributed by atoms with Crippen LogP contribution in [0.4, 0.5) is 5.69 Å². The number of rotatable bonds is 10. The van der Waals surface area contributed by atoms with Crippen LogP contribution in [-0.2, 0) is 26.2 Å². The lowest BCUT2D eigenvalue weighted by atomic mass is 10.1. The molecule has 1 atom stereocenters. The zero-order chi connectivity index (χ0) is 24.8. The van der Waals surface area contributed by atoms with E-state index in [2.05, 4.69) is 5.32 Å². The molecule has 2 aromatic carbocycles. The van der Waals surface area contributed by atoms with E-state index in [-0.39, 0.29) is 33.2 Å². The zero-order valence-electron chi connectivity index (χ0n) is 18.5. The Bertz CT molecular complexity index is 1100. The molecule has 2 aromatic rings. The summed E-state index contributed by atoms with van der Waals surface area (Å²) in [4.78, 5) is 27.4. The Morgan fingerprint density at radius 3 is 2.21 bits per heavy atom. The molecule has 0 aliphatic heterocycles. The number of sulfonamides is 1. The summed E-state index contributed by atoms with van der Waals surface area (Å²) in [6.45, 7) is 3.53. The number of benzene rings is 2. The number of nitrogens with one attached hydrogen (secondary N) is 1. The molecule has 0 saturated carbocycles. The molecule has 0 bridgehead atoms. The van der Waals surface area contributed by atoms with E-state index in [0.717, 1.165) is 22.5 Å². The van der Waals surface area contributed by atoms with E-state index in [1.807, 2.05) is 37.3 Å². The number of amides is 2. The SMILES string of the molecule is CCCNC(=O)[C@@H](C)N(Cc1ccccc1)C(=O)CN(c1cc(Cl)c(Cl)cc1Cl)S(C)(=O)=O. The maximum atomic E-state index is 13.4. The second-order valence-corrected chi connectivity index (χ2v) is 10.6. The van der Waals surface area contributed by atoms with Crippen molar-refractivity contribution in [3.8, 4) is 0 Å². The molecule has 1 N–H and O–H groups in total. The van der Waals surface area contributed by atoms with Gasteiger partial charge in [-0.15, -0.1) is 0 Å². The summed E-state index contributed by atoms with van der Waals surface area (Å²) in [6, 6.07) is 10.9. The molecule has 0 unspecified atom stereocenters. The van der Waals surface area contributed by atoms with Crippen molar-refractivity contribution in [1.82, 2.24) is 10.2 Å². The number of nitrogens with zero attached hydrogens (tertiary/aromatic N) is 2. The maximum Gasteiger partial charge on any atom is 0.244 e. The fourth-order valence-corrected chi connectivity index (χ4v) is 4.60. The van der Waals surface area contributed by atoms with Gasteiger partial charge in [0.05, 0.1) is 27.0 Å². The van der Waals surface area contributed by atoms with E-state index >= 15 is 0 Å². The average molecular weight is 535 g/mol. The topological polar surface area (TPSA) is 86.8 Å². The largest absolute Gasteiger partial charge is 0.354 e. The minimum atomic E-state index is -3.93. The van der Waals surface area contributed by atoms with Crippen LogP contribution < -0.4 is 9.62 Å². The average Bonchev–Trinajstić information content (AvgIpc) is 2.76. The lowest BCUT2D eigenvalue weighted by molar-refractivity contribution is -0.139. The van der Waals surface area contributed by atoms with E-state index in [4.69, 9.17) is 34.8 Å². The third-order valence-electron chi connectivity index (χ3n) is 4.85. The van der Waals surface area contributed by atoms with Gasteiger partial charge < -0.3 is 10.2 Å². The Kier molecular flexibility index (Phi) is 9.84. The van der Waals surface area contributed by atoms with Gasteiger partial charge in [-0.3, -0.25) is 13.9 Å². The predicted molar refractivity (Wildman–Crippen MR) is 133 cm³/mol. The van der Waals surface area contributed by atoms with E-state index in [9.17, 15) is 18.0 Å². The summed E-state index contributed by atoms with van der Waals surface area (Å²) in [5.41, 5.74) is 0.809. The van der Waals surface area contributed by atoms with Gasteiger partial charge in [-0.2, -0.15) is 0 Å². The van der Waals surface area contributed by atoms with Crippen LogP contribution in [0.5, 0.6) is 0 Å². The second kappa shape index (κ2) is 11.9. The molecule has 0 fully saturated rings. The van der Waals surface area contributed by atoms with Crippen LogP contribution in [0.1, 0.15) is 25.8 Å². The first-order valence-corrected chi connectivity index (χ1v) is 13.2. The highest BCUT2D eigenvalue weighted by Gasteiger charge is 2.31. The summed E-state index contributed by atoms with van der Waals surface area (Å²) >= 11 is 18.3. The van der Waals surface area contributed by atoms with E-state index in [0.29, 0.717) is 6.54 Å². The highest BCUT2D eigenvalue weighted by Crippen LogP contribution is 2.35. The predicted octanol–water partition coefficient (Wildman–Crippen LogP) is 4.36. The van der Waals surface area contributed by atoms with Crippen LogP contribution >= 0.6 is 34.8 Å². The fraction of sp³-hybridized carbons (Fsp3) is 0.364. The van der Waals surface area contributed by atoms with Crippen molar-refractivity contribution in [1.29, 1.82) is 0 Å². The Balaban J connectivity index is 2.42. The minimum Gasteiger partial charge on any atom is -0.354 e. The van der Waals surface area contributed by atoms with E-state index < -0.39 is 28.5 Å². The first-order valence-electron chi connectivity index (χ1n) is 10.2. The Labute approximate surface area is 209 Å². The zero-order valence-corrected chi connectivity index (χ0v) is 21.6. The minimum absolute atomic E-state index is 0.0182. The Morgan fingerprint density at radius 1 is 1.03 bits per heavy atom. The number of hydrogen-bond acceptors (Lipinski definition) is 4. The van der Waals surface area contributed by atoms with Gasteiger partial charge in [0.15, 0.2) is 0 Å². The maximum absolute atomic E-state index is 13.4. The van der Waals surface area contributed by atoms with Gasteiger partial charge in [-0.05, 0) is 31.0 Å². The lowest BCUT2D eigenvalue weighted by Gasteiger charge is -2.31. The highest BCUT2D eigenvalue weighted by molar-refractivity contribution is 7.92. The third kappa shape index (κ3) is 7.50. The van der Waals surface area contributed by atoms with E-state index in [1.54, 1.807) is 6.92 Å². The van der Waals surface area contributed by atoms with Crippen molar-refractivity contribution in [2.45, 2.75) is 32.9 Å². The number of anilines is 1. The van der Waals surface area contributed by atoms with Gasteiger partial charge >= 0.3 is 0 Å². The molecule has 0 aliphatic carbocycles. The molecule has 0 radical (unpaired) electrons. The quantitative estimate of drug-likeness (QED) is 0.459. The summed E-state index contributed by atoms with van der Waals surface area (Å²) in [6.07, 6.45) is 1.70. The standard InChI is InChI=1S/C22H26Cl3N3O4S/c1-4-10-26-22(30)15(2)27(13-16-8-6-5-7-9-16)21(29)14-28(33(3,31)32)20-12-18(24)17(23)11-19(20)25/h5-9,11-12,15H,4,10,13-14H2,1-3H3,(H,26,30)/t15-/m1/s1. The number of hydrogen-bond donors (Lipinski definition) is 1. The molecular formula is C22H26Cl3N3O4S. The number of carbonyl (C=O) groups is 2. The van der Waals surface area contributed by atoms with Crippen LogP contribution in [0.2, 0.25) is 15.1 Å². The third-order valence-corrected chi connectivity index (χ3v) is 7.00. The summed E-state index contributed by atoms with van der Waals surface area (Å²) in [7, 11) is -3.93. The van der Waals surface area contributed by atoms with Gasteiger partial charge in [0, 0.05) is 13.1 Å². The molecule has 2 amide bonds. The van der Waals surface area contributed by atoms with Gasteiger partial charge in [0.1, 0.15) is 12.6 Å². The smallest absolute Gasteiger partial charge is 0.244 e. The van der Waals surface area contributed by atoms with Crippen molar-refractivity contribution in [3.05, 3.63) is 63.1 Å². The molecule has 0 heterocycles.